The molecule has 0 bridgehead atoms. The van der Waals surface area contributed by atoms with Crippen LogP contribution in [0, 0.1) is 20.8 Å². The smallest absolute Gasteiger partial charge is 0.254 e. The van der Waals surface area contributed by atoms with Gasteiger partial charge in [0.2, 0.25) is 0 Å². The molecule has 0 radical (unpaired) electrons. The lowest BCUT2D eigenvalue weighted by Gasteiger charge is -2.09. The molecule has 3 aromatic rings. The maximum absolute atomic E-state index is 12.4. The number of carbonyl (C=O) groups is 1. The highest BCUT2D eigenvalue weighted by Gasteiger charge is 2.14. The van der Waals surface area contributed by atoms with Gasteiger partial charge in [-0.2, -0.15) is 0 Å². The molecule has 1 N–H and O–H groups in total. The van der Waals surface area contributed by atoms with Crippen molar-refractivity contribution < 1.29 is 9.32 Å². The van der Waals surface area contributed by atoms with Gasteiger partial charge >= 0.3 is 0 Å². The van der Waals surface area contributed by atoms with E-state index in [0.29, 0.717) is 18.5 Å². The quantitative estimate of drug-likeness (QED) is 0.732. The summed E-state index contributed by atoms with van der Waals surface area (Å²) in [5.74, 6) is 0.512. The molecule has 6 heteroatoms. The number of benzene rings is 1. The Hall–Kier alpha value is -2.40. The van der Waals surface area contributed by atoms with Crippen LogP contribution in [0.5, 0.6) is 0 Å². The second kappa shape index (κ2) is 6.61. The molecular formula is C18H18ClN3O2. The van der Waals surface area contributed by atoms with Crippen LogP contribution < -0.4 is 5.32 Å². The molecule has 2 heterocycles. The molecule has 1 aromatic carbocycles. The summed E-state index contributed by atoms with van der Waals surface area (Å²) in [4.78, 5) is 16.8. The van der Waals surface area contributed by atoms with Crippen molar-refractivity contribution in [1.29, 1.82) is 0 Å². The number of aryl methyl sites for hydroxylation is 3. The van der Waals surface area contributed by atoms with E-state index in [1.807, 2.05) is 39.0 Å². The van der Waals surface area contributed by atoms with Gasteiger partial charge in [0, 0.05) is 24.4 Å². The van der Waals surface area contributed by atoms with Crippen molar-refractivity contribution in [2.75, 3.05) is 6.54 Å². The lowest BCUT2D eigenvalue weighted by Crippen LogP contribution is -2.26. The van der Waals surface area contributed by atoms with Gasteiger partial charge in [-0.15, -0.1) is 0 Å². The largest absolute Gasteiger partial charge is 0.361 e. The molecule has 0 atom stereocenters. The zero-order chi connectivity index (χ0) is 17.3. The maximum Gasteiger partial charge on any atom is 0.254 e. The van der Waals surface area contributed by atoms with Gasteiger partial charge in [0.05, 0.1) is 16.8 Å². The molecule has 0 saturated heterocycles. The molecule has 5 nitrogen and oxygen atoms in total. The summed E-state index contributed by atoms with van der Waals surface area (Å²) in [6, 6.07) is 7.69. The molecule has 0 fully saturated rings. The van der Waals surface area contributed by atoms with Gasteiger partial charge in [0.1, 0.15) is 10.9 Å². The SMILES string of the molecule is Cc1cc(C)c2nc(Cl)c(C(=O)NCCc3cc(C)on3)cc2c1. The highest BCUT2D eigenvalue weighted by molar-refractivity contribution is 6.33. The van der Waals surface area contributed by atoms with E-state index in [2.05, 4.69) is 15.5 Å². The molecule has 0 aliphatic carbocycles. The number of halogens is 1. The molecule has 0 saturated carbocycles. The molecule has 0 aliphatic heterocycles. The van der Waals surface area contributed by atoms with E-state index in [4.69, 9.17) is 16.1 Å². The fourth-order valence-electron chi connectivity index (χ4n) is 2.72. The Balaban J connectivity index is 1.77. The highest BCUT2D eigenvalue weighted by atomic mass is 35.5. The first kappa shape index (κ1) is 16.5. The fourth-order valence-corrected chi connectivity index (χ4v) is 2.95. The van der Waals surface area contributed by atoms with Crippen molar-refractivity contribution in [2.24, 2.45) is 0 Å². The van der Waals surface area contributed by atoms with Crippen molar-refractivity contribution >= 4 is 28.4 Å². The van der Waals surface area contributed by atoms with Crippen LogP contribution >= 0.6 is 11.6 Å². The number of amides is 1. The summed E-state index contributed by atoms with van der Waals surface area (Å²) in [6.07, 6.45) is 0.597. The third-order valence-electron chi connectivity index (χ3n) is 3.79. The Morgan fingerprint density at radius 3 is 2.71 bits per heavy atom. The molecule has 3 rings (SSSR count). The predicted octanol–water partition coefficient (Wildman–Crippen LogP) is 3.77. The molecule has 0 aliphatic rings. The number of fused-ring (bicyclic) bond motifs is 1. The van der Waals surface area contributed by atoms with Crippen LogP contribution in [0.4, 0.5) is 0 Å². The average molecular weight is 344 g/mol. The van der Waals surface area contributed by atoms with Crippen molar-refractivity contribution in [2.45, 2.75) is 27.2 Å². The lowest BCUT2D eigenvalue weighted by atomic mass is 10.1. The van der Waals surface area contributed by atoms with Crippen LogP contribution in [0.25, 0.3) is 10.9 Å². The molecule has 2 aromatic heterocycles. The predicted molar refractivity (Wildman–Crippen MR) is 93.5 cm³/mol. The first-order valence-corrected chi connectivity index (χ1v) is 8.10. The number of carbonyl (C=O) groups excluding carboxylic acids is 1. The van der Waals surface area contributed by atoms with Gasteiger partial charge in [0.15, 0.2) is 0 Å². The molecule has 0 unspecified atom stereocenters. The van der Waals surface area contributed by atoms with Crippen molar-refractivity contribution in [3.63, 3.8) is 0 Å². The van der Waals surface area contributed by atoms with E-state index < -0.39 is 0 Å². The third kappa shape index (κ3) is 3.41. The minimum Gasteiger partial charge on any atom is -0.361 e. The summed E-state index contributed by atoms with van der Waals surface area (Å²) in [6.45, 7) is 6.28. The zero-order valence-electron chi connectivity index (χ0n) is 13.8. The van der Waals surface area contributed by atoms with Crippen LogP contribution in [0.3, 0.4) is 0 Å². The number of hydrogen-bond donors (Lipinski definition) is 1. The number of aromatic nitrogens is 2. The van der Waals surface area contributed by atoms with Crippen molar-refractivity contribution in [1.82, 2.24) is 15.5 Å². The van der Waals surface area contributed by atoms with Gasteiger partial charge in [-0.05, 0) is 38.5 Å². The Morgan fingerprint density at radius 1 is 1.21 bits per heavy atom. The summed E-state index contributed by atoms with van der Waals surface area (Å²) in [7, 11) is 0. The minimum atomic E-state index is -0.242. The Kier molecular flexibility index (Phi) is 4.53. The summed E-state index contributed by atoms with van der Waals surface area (Å²) < 4.78 is 5.00. The Bertz CT molecular complexity index is 918. The van der Waals surface area contributed by atoms with E-state index in [1.54, 1.807) is 6.07 Å². The van der Waals surface area contributed by atoms with Gasteiger partial charge in [-0.1, -0.05) is 28.4 Å². The topological polar surface area (TPSA) is 68.0 Å². The van der Waals surface area contributed by atoms with Crippen LogP contribution in [0.2, 0.25) is 5.15 Å². The average Bonchev–Trinajstić information content (AvgIpc) is 2.93. The van der Waals surface area contributed by atoms with Crippen LogP contribution in [0.1, 0.15) is 32.9 Å². The minimum absolute atomic E-state index is 0.212. The molecular weight excluding hydrogens is 326 g/mol. The molecule has 0 spiro atoms. The van der Waals surface area contributed by atoms with Crippen molar-refractivity contribution in [3.05, 3.63) is 57.6 Å². The van der Waals surface area contributed by atoms with E-state index in [-0.39, 0.29) is 11.1 Å². The van der Waals surface area contributed by atoms with E-state index >= 15 is 0 Å². The first-order chi connectivity index (χ1) is 11.4. The highest BCUT2D eigenvalue weighted by Crippen LogP contribution is 2.24. The number of nitrogens with zero attached hydrogens (tertiary/aromatic N) is 2. The van der Waals surface area contributed by atoms with Crippen LogP contribution in [-0.2, 0) is 6.42 Å². The number of nitrogens with one attached hydrogen (secondary N) is 1. The second-order valence-electron chi connectivity index (χ2n) is 5.92. The number of pyridine rings is 1. The maximum atomic E-state index is 12.4. The van der Waals surface area contributed by atoms with Gasteiger partial charge in [0.25, 0.3) is 5.91 Å². The second-order valence-corrected chi connectivity index (χ2v) is 6.27. The van der Waals surface area contributed by atoms with Crippen LogP contribution in [-0.4, -0.2) is 22.6 Å². The molecule has 124 valence electrons. The van der Waals surface area contributed by atoms with Gasteiger partial charge < -0.3 is 9.84 Å². The Labute approximate surface area is 145 Å². The monoisotopic (exact) mass is 343 g/mol. The van der Waals surface area contributed by atoms with Crippen molar-refractivity contribution in [3.8, 4) is 0 Å². The summed E-state index contributed by atoms with van der Waals surface area (Å²) in [5.41, 5.74) is 4.17. The molecule has 24 heavy (non-hydrogen) atoms. The van der Waals surface area contributed by atoms with Crippen LogP contribution in [0.15, 0.2) is 28.8 Å². The van der Waals surface area contributed by atoms with E-state index in [9.17, 15) is 4.79 Å². The number of rotatable bonds is 4. The third-order valence-corrected chi connectivity index (χ3v) is 4.08. The number of hydrogen-bond acceptors (Lipinski definition) is 4. The summed E-state index contributed by atoms with van der Waals surface area (Å²) in [5, 5.41) is 7.87. The Morgan fingerprint density at radius 2 is 2.00 bits per heavy atom. The summed E-state index contributed by atoms with van der Waals surface area (Å²) >= 11 is 6.21. The van der Waals surface area contributed by atoms with E-state index in [0.717, 1.165) is 33.5 Å². The normalized spacial score (nSPS) is 11.0. The lowest BCUT2D eigenvalue weighted by molar-refractivity contribution is 0.0954. The van der Waals surface area contributed by atoms with E-state index in [1.165, 1.54) is 0 Å². The van der Waals surface area contributed by atoms with Gasteiger partial charge in [-0.3, -0.25) is 4.79 Å². The first-order valence-electron chi connectivity index (χ1n) is 7.72. The zero-order valence-corrected chi connectivity index (χ0v) is 14.6. The molecule has 1 amide bonds. The standard InChI is InChI=1S/C18H18ClN3O2/c1-10-6-11(2)16-13(7-10)9-15(17(19)21-16)18(23)20-5-4-14-8-12(3)24-22-14/h6-9H,4-5H2,1-3H3,(H,20,23). The van der Waals surface area contributed by atoms with Gasteiger partial charge in [-0.25, -0.2) is 4.98 Å². The fraction of sp³-hybridized carbons (Fsp3) is 0.278.